The molecule has 2 aromatic rings. The topological polar surface area (TPSA) is 56.5 Å². The zero-order chi connectivity index (χ0) is 10.7. The van der Waals surface area contributed by atoms with Crippen molar-refractivity contribution in [1.82, 2.24) is 25.2 Å². The van der Waals surface area contributed by atoms with Gasteiger partial charge in [0.05, 0.1) is 5.70 Å². The predicted molar refractivity (Wildman–Crippen MR) is 56.7 cm³/mol. The van der Waals surface area contributed by atoms with Crippen molar-refractivity contribution in [1.29, 1.82) is 0 Å². The van der Waals surface area contributed by atoms with Gasteiger partial charge in [-0.3, -0.25) is 4.98 Å². The number of tetrazole rings is 1. The number of allylic oxidation sites excluding steroid dienone is 2. The van der Waals surface area contributed by atoms with Gasteiger partial charge < -0.3 is 0 Å². The molecule has 0 unspecified atom stereocenters. The monoisotopic (exact) mass is 201 g/mol. The minimum atomic E-state index is 0.539. The van der Waals surface area contributed by atoms with Crippen molar-refractivity contribution in [3.8, 4) is 11.5 Å². The summed E-state index contributed by atoms with van der Waals surface area (Å²) >= 11 is 0. The first kappa shape index (κ1) is 9.51. The molecule has 2 rings (SSSR count). The Labute approximate surface area is 87.5 Å². The quantitative estimate of drug-likeness (QED) is 0.740. The summed E-state index contributed by atoms with van der Waals surface area (Å²) in [5.74, 6) is 0.539. The number of pyridine rings is 1. The van der Waals surface area contributed by atoms with Crippen LogP contribution in [-0.2, 0) is 0 Å². The molecule has 0 saturated heterocycles. The molecule has 0 aliphatic rings. The van der Waals surface area contributed by atoms with Gasteiger partial charge in [0.25, 0.3) is 0 Å². The Bertz CT molecular complexity index is 472. The molecule has 76 valence electrons. The van der Waals surface area contributed by atoms with Gasteiger partial charge in [0.2, 0.25) is 5.82 Å². The lowest BCUT2D eigenvalue weighted by Gasteiger charge is -1.94. The van der Waals surface area contributed by atoms with Gasteiger partial charge in [-0.1, -0.05) is 12.1 Å². The average molecular weight is 201 g/mol. The third kappa shape index (κ3) is 1.90. The van der Waals surface area contributed by atoms with Crippen LogP contribution in [0, 0.1) is 0 Å². The molecule has 0 radical (unpaired) electrons. The molecule has 0 atom stereocenters. The van der Waals surface area contributed by atoms with Crippen molar-refractivity contribution < 1.29 is 0 Å². The Hall–Kier alpha value is -2.04. The zero-order valence-corrected chi connectivity index (χ0v) is 8.62. The van der Waals surface area contributed by atoms with Crippen LogP contribution in [-0.4, -0.2) is 25.2 Å². The van der Waals surface area contributed by atoms with Crippen molar-refractivity contribution in [3.05, 3.63) is 30.5 Å². The van der Waals surface area contributed by atoms with E-state index in [1.807, 2.05) is 38.1 Å². The molecule has 2 aromatic heterocycles. The van der Waals surface area contributed by atoms with Crippen LogP contribution in [0.15, 0.2) is 30.5 Å². The van der Waals surface area contributed by atoms with Crippen molar-refractivity contribution in [2.45, 2.75) is 13.8 Å². The molecular weight excluding hydrogens is 190 g/mol. The molecule has 0 bridgehead atoms. The van der Waals surface area contributed by atoms with Crippen LogP contribution in [0.3, 0.4) is 0 Å². The van der Waals surface area contributed by atoms with E-state index in [4.69, 9.17) is 0 Å². The minimum Gasteiger partial charge on any atom is -0.253 e. The lowest BCUT2D eigenvalue weighted by molar-refractivity contribution is 0.731. The Morgan fingerprint density at radius 2 is 2.27 bits per heavy atom. The first-order valence-electron chi connectivity index (χ1n) is 4.66. The number of hydrogen-bond donors (Lipinski definition) is 0. The minimum absolute atomic E-state index is 0.539. The summed E-state index contributed by atoms with van der Waals surface area (Å²) in [5, 5.41) is 12.1. The summed E-state index contributed by atoms with van der Waals surface area (Å²) < 4.78 is 0. The van der Waals surface area contributed by atoms with Crippen molar-refractivity contribution in [2.24, 2.45) is 0 Å². The molecule has 0 aliphatic heterocycles. The van der Waals surface area contributed by atoms with E-state index in [0.717, 1.165) is 11.4 Å². The second-order valence-electron chi connectivity index (χ2n) is 3.05. The van der Waals surface area contributed by atoms with Crippen molar-refractivity contribution in [3.63, 3.8) is 0 Å². The zero-order valence-electron chi connectivity index (χ0n) is 8.62. The van der Waals surface area contributed by atoms with Crippen molar-refractivity contribution in [2.75, 3.05) is 0 Å². The lowest BCUT2D eigenvalue weighted by Crippen LogP contribution is -1.98. The Morgan fingerprint density at radius 3 is 2.93 bits per heavy atom. The molecule has 0 aromatic carbocycles. The third-order valence-corrected chi connectivity index (χ3v) is 2.04. The number of nitrogens with zero attached hydrogens (tertiary/aromatic N) is 5. The summed E-state index contributed by atoms with van der Waals surface area (Å²) in [7, 11) is 0. The van der Waals surface area contributed by atoms with Crippen LogP contribution >= 0.6 is 0 Å². The maximum atomic E-state index is 4.21. The Balaban J connectivity index is 2.36. The largest absolute Gasteiger partial charge is 0.253 e. The van der Waals surface area contributed by atoms with Crippen LogP contribution in [0.4, 0.5) is 0 Å². The summed E-state index contributed by atoms with van der Waals surface area (Å²) in [5.41, 5.74) is 1.66. The highest BCUT2D eigenvalue weighted by molar-refractivity contribution is 5.48. The molecule has 0 fully saturated rings. The smallest absolute Gasteiger partial charge is 0.223 e. The first-order chi connectivity index (χ1) is 7.31. The van der Waals surface area contributed by atoms with Crippen LogP contribution in [0.25, 0.3) is 17.2 Å². The van der Waals surface area contributed by atoms with E-state index in [1.54, 1.807) is 6.20 Å². The Kier molecular flexibility index (Phi) is 2.53. The molecule has 0 saturated carbocycles. The maximum absolute atomic E-state index is 4.21. The van der Waals surface area contributed by atoms with Gasteiger partial charge in [0.15, 0.2) is 0 Å². The molecule has 5 heteroatoms. The van der Waals surface area contributed by atoms with Gasteiger partial charge in [0.1, 0.15) is 5.69 Å². The second-order valence-corrected chi connectivity index (χ2v) is 3.05. The summed E-state index contributed by atoms with van der Waals surface area (Å²) in [4.78, 5) is 5.64. The van der Waals surface area contributed by atoms with Crippen LogP contribution in [0.2, 0.25) is 0 Å². The molecule has 5 nitrogen and oxygen atoms in total. The fourth-order valence-corrected chi connectivity index (χ4v) is 1.08. The number of rotatable bonds is 2. The van der Waals surface area contributed by atoms with Gasteiger partial charge in [-0.05, 0) is 31.2 Å². The van der Waals surface area contributed by atoms with E-state index < -0.39 is 0 Å². The standard InChI is InChI=1S/C10H11N5/c1-3-8(2)15-13-10(12-14-15)9-6-4-5-7-11-9/h3-7H,1-2H3/b8-3+. The number of hydrogen-bond acceptors (Lipinski definition) is 4. The Morgan fingerprint density at radius 1 is 1.40 bits per heavy atom. The fourth-order valence-electron chi connectivity index (χ4n) is 1.08. The van der Waals surface area contributed by atoms with Gasteiger partial charge in [-0.25, -0.2) is 0 Å². The highest BCUT2D eigenvalue weighted by Crippen LogP contribution is 2.09. The molecule has 0 aliphatic carbocycles. The van der Waals surface area contributed by atoms with E-state index in [2.05, 4.69) is 20.4 Å². The SMILES string of the molecule is C/C=C(\C)n1nnc(-c2ccccn2)n1. The van der Waals surface area contributed by atoms with Gasteiger partial charge >= 0.3 is 0 Å². The molecule has 15 heavy (non-hydrogen) atoms. The first-order valence-corrected chi connectivity index (χ1v) is 4.66. The van der Waals surface area contributed by atoms with E-state index in [1.165, 1.54) is 4.80 Å². The predicted octanol–water partition coefficient (Wildman–Crippen LogP) is 1.62. The normalized spacial score (nSPS) is 11.7. The fraction of sp³-hybridized carbons (Fsp3) is 0.200. The van der Waals surface area contributed by atoms with Gasteiger partial charge in [-0.2, -0.15) is 0 Å². The van der Waals surface area contributed by atoms with E-state index >= 15 is 0 Å². The van der Waals surface area contributed by atoms with Crippen molar-refractivity contribution >= 4 is 5.70 Å². The molecule has 2 heterocycles. The molecule has 0 amide bonds. The van der Waals surface area contributed by atoms with E-state index in [-0.39, 0.29) is 0 Å². The van der Waals surface area contributed by atoms with Gasteiger partial charge in [0, 0.05) is 6.20 Å². The third-order valence-electron chi connectivity index (χ3n) is 2.04. The van der Waals surface area contributed by atoms with E-state index in [0.29, 0.717) is 5.82 Å². The summed E-state index contributed by atoms with van der Waals surface area (Å²) in [6.07, 6.45) is 3.63. The number of aromatic nitrogens is 5. The average Bonchev–Trinajstić information content (AvgIpc) is 2.78. The van der Waals surface area contributed by atoms with E-state index in [9.17, 15) is 0 Å². The molecule has 0 spiro atoms. The molecular formula is C10H11N5. The van der Waals surface area contributed by atoms with Crippen LogP contribution in [0.5, 0.6) is 0 Å². The lowest BCUT2D eigenvalue weighted by atomic mass is 10.3. The maximum Gasteiger partial charge on any atom is 0.223 e. The van der Waals surface area contributed by atoms with Gasteiger partial charge in [-0.15, -0.1) is 15.0 Å². The van der Waals surface area contributed by atoms with Crippen LogP contribution in [0.1, 0.15) is 13.8 Å². The highest BCUT2D eigenvalue weighted by atomic mass is 15.6. The molecule has 0 N–H and O–H groups in total. The summed E-state index contributed by atoms with van der Waals surface area (Å²) in [6, 6.07) is 5.60. The second kappa shape index (κ2) is 4.00. The summed E-state index contributed by atoms with van der Waals surface area (Å²) in [6.45, 7) is 3.85. The highest BCUT2D eigenvalue weighted by Gasteiger charge is 2.06. The van der Waals surface area contributed by atoms with Crippen LogP contribution < -0.4 is 0 Å².